The quantitative estimate of drug-likeness (QED) is 0.506. The van der Waals surface area contributed by atoms with Crippen LogP contribution in [0.4, 0.5) is 0 Å². The van der Waals surface area contributed by atoms with Crippen LogP contribution in [0.2, 0.25) is 0 Å². The zero-order chi connectivity index (χ0) is 27.7. The van der Waals surface area contributed by atoms with Gasteiger partial charge in [-0.3, -0.25) is 24.4 Å². The molecule has 0 spiro atoms. The molecule has 0 aromatic heterocycles. The van der Waals surface area contributed by atoms with Crippen LogP contribution in [0.5, 0.6) is 0 Å². The van der Waals surface area contributed by atoms with Gasteiger partial charge in [0.05, 0.1) is 22.2 Å². The molecule has 2 unspecified atom stereocenters. The summed E-state index contributed by atoms with van der Waals surface area (Å²) in [5, 5.41) is 10.6. The van der Waals surface area contributed by atoms with Crippen LogP contribution in [-0.4, -0.2) is 87.6 Å². The summed E-state index contributed by atoms with van der Waals surface area (Å²) in [6.45, 7) is 7.59. The van der Waals surface area contributed by atoms with Gasteiger partial charge in [-0.2, -0.15) is 0 Å². The number of carbonyl (C=O) groups excluding carboxylic acids is 3. The van der Waals surface area contributed by atoms with E-state index in [0.29, 0.717) is 28.9 Å². The first kappa shape index (κ1) is 27.7. The molecule has 0 saturated carbocycles. The number of aliphatic imine (C=N–C) groups is 3. The molecule has 5 rings (SSSR count). The summed E-state index contributed by atoms with van der Waals surface area (Å²) in [6, 6.07) is 6.73. The average molecular weight is 571 g/mol. The molecular formula is C27H34N6O4S2. The highest BCUT2D eigenvalue weighted by Crippen LogP contribution is 2.26. The Morgan fingerprint density at radius 1 is 0.872 bits per heavy atom. The van der Waals surface area contributed by atoms with Crippen LogP contribution < -0.4 is 16.0 Å². The van der Waals surface area contributed by atoms with Crippen molar-refractivity contribution in [3.05, 3.63) is 35.9 Å². The second-order valence-electron chi connectivity index (χ2n) is 10.5. The Bertz CT molecular complexity index is 1220. The molecule has 0 saturated heterocycles. The van der Waals surface area contributed by atoms with E-state index in [1.165, 1.54) is 23.5 Å². The fourth-order valence-corrected chi connectivity index (χ4v) is 7.04. The van der Waals surface area contributed by atoms with Crippen LogP contribution in [0.1, 0.15) is 33.3 Å². The summed E-state index contributed by atoms with van der Waals surface area (Å²) in [7, 11) is 0. The Hall–Kier alpha value is -2.86. The normalized spacial score (nSPS) is 33.2. The summed E-state index contributed by atoms with van der Waals surface area (Å²) in [4.78, 5) is 53.8. The molecule has 1 aromatic rings. The van der Waals surface area contributed by atoms with Gasteiger partial charge in [-0.1, -0.05) is 44.2 Å². The molecule has 0 fully saturated rings. The van der Waals surface area contributed by atoms with Crippen LogP contribution in [0.25, 0.3) is 0 Å². The molecule has 39 heavy (non-hydrogen) atoms. The van der Waals surface area contributed by atoms with Crippen molar-refractivity contribution in [2.24, 2.45) is 20.9 Å². The zero-order valence-electron chi connectivity index (χ0n) is 22.4. The van der Waals surface area contributed by atoms with Gasteiger partial charge in [-0.25, -0.2) is 4.99 Å². The molecule has 4 aliphatic rings. The Kier molecular flexibility index (Phi) is 8.32. The Labute approximate surface area is 236 Å². The summed E-state index contributed by atoms with van der Waals surface area (Å²) in [5.74, 6) is 0.601. The summed E-state index contributed by atoms with van der Waals surface area (Å²) >= 11 is 2.97. The highest BCUT2D eigenvalue weighted by molar-refractivity contribution is 8.14. The number of carbonyl (C=O) groups is 3. The van der Waals surface area contributed by atoms with Crippen molar-refractivity contribution >= 4 is 57.2 Å². The topological polar surface area (TPSA) is 134 Å². The number of hydrogen-bond acceptors (Lipinski definition) is 9. The van der Waals surface area contributed by atoms with E-state index in [0.717, 1.165) is 10.6 Å². The Balaban J connectivity index is 1.48. The minimum atomic E-state index is -0.740. The van der Waals surface area contributed by atoms with E-state index in [1.807, 2.05) is 51.1 Å². The molecular weight excluding hydrogens is 536 g/mol. The number of fused-ring (bicyclic) bond motifs is 3. The van der Waals surface area contributed by atoms with Gasteiger partial charge < -0.3 is 20.7 Å². The molecule has 6 bridgehead atoms. The van der Waals surface area contributed by atoms with Gasteiger partial charge in [-0.15, -0.1) is 23.5 Å². The monoisotopic (exact) mass is 570 g/mol. The van der Waals surface area contributed by atoms with Gasteiger partial charge >= 0.3 is 0 Å². The predicted octanol–water partition coefficient (Wildman–Crippen LogP) is 1.59. The van der Waals surface area contributed by atoms with Crippen molar-refractivity contribution in [1.82, 2.24) is 16.0 Å². The minimum absolute atomic E-state index is 0.0185. The second kappa shape index (κ2) is 11.7. The third kappa shape index (κ3) is 6.16. The van der Waals surface area contributed by atoms with E-state index in [2.05, 4.69) is 25.9 Å². The molecule has 4 heterocycles. The van der Waals surface area contributed by atoms with Crippen LogP contribution in [0.3, 0.4) is 0 Å². The third-order valence-corrected chi connectivity index (χ3v) is 9.50. The number of nitrogens with zero attached hydrogens (tertiary/aromatic N) is 3. The summed E-state index contributed by atoms with van der Waals surface area (Å²) in [5.41, 5.74) is 1.06. The summed E-state index contributed by atoms with van der Waals surface area (Å²) in [6.07, 6.45) is 0.0725. The first-order valence-electron chi connectivity index (χ1n) is 13.3. The number of rotatable bonds is 3. The first-order chi connectivity index (χ1) is 18.7. The molecule has 4 aliphatic heterocycles. The fourth-order valence-electron chi connectivity index (χ4n) is 4.87. The van der Waals surface area contributed by atoms with Gasteiger partial charge in [0.15, 0.2) is 6.04 Å². The molecule has 10 nitrogen and oxygen atoms in total. The van der Waals surface area contributed by atoms with Crippen LogP contribution in [-0.2, 0) is 25.5 Å². The van der Waals surface area contributed by atoms with E-state index in [-0.39, 0.29) is 35.7 Å². The molecule has 12 heteroatoms. The second-order valence-corrected chi connectivity index (χ2v) is 12.6. The van der Waals surface area contributed by atoms with Crippen molar-refractivity contribution in [2.45, 2.75) is 76.5 Å². The standard InChI is InChI=1S/C27H34N6O4S2/c1-13(2)20-25-33-21(15(4)37-25)24(36)28-14(3)26-30-18(11-38-26)22(34)29-17(10-16-8-6-5-7-9-16)27-31-19(12-39-27)23(35)32-20/h5-9,13-15,17-21H,10-12H2,1-4H3,(H,28,36)(H,29,34)(H,32,35)/t14-,15-,17+,18?,19?,20+,21+/m1/s1. The van der Waals surface area contributed by atoms with Crippen molar-refractivity contribution in [3.8, 4) is 0 Å². The van der Waals surface area contributed by atoms with Gasteiger partial charge in [0.25, 0.3) is 0 Å². The van der Waals surface area contributed by atoms with Crippen molar-refractivity contribution in [3.63, 3.8) is 0 Å². The maximum absolute atomic E-state index is 13.3. The fraction of sp³-hybridized carbons (Fsp3) is 0.556. The zero-order valence-corrected chi connectivity index (χ0v) is 24.1. The molecule has 0 radical (unpaired) electrons. The molecule has 3 amide bonds. The largest absolute Gasteiger partial charge is 0.474 e. The number of benzene rings is 1. The molecule has 208 valence electrons. The lowest BCUT2D eigenvalue weighted by molar-refractivity contribution is -0.124. The summed E-state index contributed by atoms with van der Waals surface area (Å²) < 4.78 is 6.00. The van der Waals surface area contributed by atoms with E-state index in [4.69, 9.17) is 9.73 Å². The number of nitrogens with one attached hydrogen (secondary N) is 3. The number of thioether (sulfide) groups is 2. The van der Waals surface area contributed by atoms with Crippen LogP contribution >= 0.6 is 23.5 Å². The molecule has 3 N–H and O–H groups in total. The van der Waals surface area contributed by atoms with E-state index in [1.54, 1.807) is 6.92 Å². The minimum Gasteiger partial charge on any atom is -0.474 e. The highest BCUT2D eigenvalue weighted by atomic mass is 32.2. The van der Waals surface area contributed by atoms with E-state index < -0.39 is 30.3 Å². The number of ether oxygens (including phenoxy) is 1. The SMILES string of the molecule is CC(C)[C@@H]1NC(=O)C2CSC(=N2)[C@H](Cc2ccccc2)NC(=O)C2CSC(=N2)[C@@H](C)NC(=O)[C@H]2N=C1O[C@@H]2C. The predicted molar refractivity (Wildman–Crippen MR) is 156 cm³/mol. The molecule has 7 atom stereocenters. The number of hydrogen-bond donors (Lipinski definition) is 3. The van der Waals surface area contributed by atoms with Gasteiger partial charge in [0.1, 0.15) is 24.2 Å². The highest BCUT2D eigenvalue weighted by Gasteiger charge is 2.40. The Morgan fingerprint density at radius 3 is 2.21 bits per heavy atom. The molecule has 0 aliphatic carbocycles. The van der Waals surface area contributed by atoms with E-state index >= 15 is 0 Å². The van der Waals surface area contributed by atoms with Gasteiger partial charge in [-0.05, 0) is 31.7 Å². The van der Waals surface area contributed by atoms with Gasteiger partial charge in [0.2, 0.25) is 23.6 Å². The maximum Gasteiger partial charge on any atom is 0.249 e. The van der Waals surface area contributed by atoms with E-state index in [9.17, 15) is 14.4 Å². The lowest BCUT2D eigenvalue weighted by Crippen LogP contribution is -2.48. The maximum atomic E-state index is 13.3. The Morgan fingerprint density at radius 2 is 1.51 bits per heavy atom. The van der Waals surface area contributed by atoms with Crippen LogP contribution in [0.15, 0.2) is 45.3 Å². The van der Waals surface area contributed by atoms with Gasteiger partial charge in [0, 0.05) is 11.5 Å². The lowest BCUT2D eigenvalue weighted by Gasteiger charge is -2.23. The third-order valence-electron chi connectivity index (χ3n) is 7.09. The van der Waals surface area contributed by atoms with Crippen molar-refractivity contribution in [2.75, 3.05) is 11.5 Å². The van der Waals surface area contributed by atoms with Crippen LogP contribution in [0, 0.1) is 5.92 Å². The first-order valence-corrected chi connectivity index (χ1v) is 15.3. The lowest BCUT2D eigenvalue weighted by atomic mass is 10.0. The van der Waals surface area contributed by atoms with Crippen molar-refractivity contribution < 1.29 is 19.1 Å². The number of amides is 3. The molecule has 1 aromatic carbocycles. The average Bonchev–Trinajstić information content (AvgIpc) is 3.66. The smallest absolute Gasteiger partial charge is 0.249 e. The van der Waals surface area contributed by atoms with Crippen molar-refractivity contribution in [1.29, 1.82) is 0 Å².